The molecule has 4 rings (SSSR count). The molecular formula is C22H21N3O2. The standard InChI is InChI=1S/C22H21N3O2/c1-24-14-17(16-10-6-7-11-18(16)24)19-20(22(27)25(2)21(19)26)23-13-12-15-8-4-3-5-9-15/h3-11,14,23H,12-13H2,1-2H3. The van der Waals surface area contributed by atoms with Crippen molar-refractivity contribution in [1.82, 2.24) is 14.8 Å². The van der Waals surface area contributed by atoms with E-state index in [1.54, 1.807) is 0 Å². The molecule has 1 N–H and O–H groups in total. The zero-order valence-corrected chi connectivity index (χ0v) is 15.4. The van der Waals surface area contributed by atoms with E-state index in [2.05, 4.69) is 17.4 Å². The van der Waals surface area contributed by atoms with Gasteiger partial charge in [-0.2, -0.15) is 0 Å². The maximum atomic E-state index is 12.8. The number of rotatable bonds is 5. The van der Waals surface area contributed by atoms with E-state index in [1.165, 1.54) is 17.5 Å². The molecule has 1 aliphatic rings. The van der Waals surface area contributed by atoms with Gasteiger partial charge in [0.05, 0.1) is 5.57 Å². The van der Waals surface area contributed by atoms with Gasteiger partial charge in [-0.05, 0) is 18.1 Å². The van der Waals surface area contributed by atoms with Crippen molar-refractivity contribution in [2.45, 2.75) is 6.42 Å². The number of carbonyl (C=O) groups excluding carboxylic acids is 2. The van der Waals surface area contributed by atoms with Crippen molar-refractivity contribution in [1.29, 1.82) is 0 Å². The number of likely N-dealkylation sites (N-methyl/N-ethyl adjacent to an activating group) is 1. The van der Waals surface area contributed by atoms with Gasteiger partial charge in [-0.25, -0.2) is 0 Å². The lowest BCUT2D eigenvalue weighted by atomic mass is 10.0. The number of aromatic nitrogens is 1. The minimum absolute atomic E-state index is 0.265. The van der Waals surface area contributed by atoms with Gasteiger partial charge < -0.3 is 9.88 Å². The number of para-hydroxylation sites is 1. The van der Waals surface area contributed by atoms with Crippen LogP contribution in [0.3, 0.4) is 0 Å². The van der Waals surface area contributed by atoms with E-state index in [0.717, 1.165) is 22.9 Å². The number of fused-ring (bicyclic) bond motifs is 1. The highest BCUT2D eigenvalue weighted by Crippen LogP contribution is 2.33. The van der Waals surface area contributed by atoms with Crippen LogP contribution in [0.25, 0.3) is 16.5 Å². The van der Waals surface area contributed by atoms with E-state index >= 15 is 0 Å². The highest BCUT2D eigenvalue weighted by Gasteiger charge is 2.37. The molecule has 2 heterocycles. The largest absolute Gasteiger partial charge is 0.380 e. The van der Waals surface area contributed by atoms with Crippen molar-refractivity contribution >= 4 is 28.3 Å². The maximum Gasteiger partial charge on any atom is 0.277 e. The summed E-state index contributed by atoms with van der Waals surface area (Å²) in [6.07, 6.45) is 2.70. The molecule has 136 valence electrons. The van der Waals surface area contributed by atoms with Gasteiger partial charge in [0.2, 0.25) is 0 Å². The van der Waals surface area contributed by atoms with E-state index in [0.29, 0.717) is 17.8 Å². The molecule has 27 heavy (non-hydrogen) atoms. The van der Waals surface area contributed by atoms with E-state index < -0.39 is 0 Å². The molecule has 2 amide bonds. The Kier molecular flexibility index (Phi) is 4.28. The predicted octanol–water partition coefficient (Wildman–Crippen LogP) is 2.72. The summed E-state index contributed by atoms with van der Waals surface area (Å²) in [7, 11) is 3.47. The van der Waals surface area contributed by atoms with Gasteiger partial charge >= 0.3 is 0 Å². The molecule has 0 saturated heterocycles. The summed E-state index contributed by atoms with van der Waals surface area (Å²) < 4.78 is 1.98. The third kappa shape index (κ3) is 2.91. The zero-order valence-electron chi connectivity index (χ0n) is 15.4. The van der Waals surface area contributed by atoms with Crippen molar-refractivity contribution in [3.63, 3.8) is 0 Å². The molecule has 0 saturated carbocycles. The van der Waals surface area contributed by atoms with Crippen LogP contribution in [0.15, 0.2) is 66.5 Å². The van der Waals surface area contributed by atoms with E-state index in [1.807, 2.05) is 60.3 Å². The fourth-order valence-corrected chi connectivity index (χ4v) is 3.57. The summed E-state index contributed by atoms with van der Waals surface area (Å²) in [5, 5.41) is 4.19. The summed E-state index contributed by atoms with van der Waals surface area (Å²) in [4.78, 5) is 26.7. The maximum absolute atomic E-state index is 12.8. The van der Waals surface area contributed by atoms with Crippen LogP contribution in [0.1, 0.15) is 11.1 Å². The quantitative estimate of drug-likeness (QED) is 0.713. The number of nitrogens with zero attached hydrogens (tertiary/aromatic N) is 2. The Balaban J connectivity index is 1.71. The molecule has 1 aliphatic heterocycles. The van der Waals surface area contributed by atoms with Gasteiger partial charge in [0.1, 0.15) is 5.70 Å². The summed E-state index contributed by atoms with van der Waals surface area (Å²) in [5.74, 6) is -0.547. The molecular weight excluding hydrogens is 338 g/mol. The average molecular weight is 359 g/mol. The zero-order chi connectivity index (χ0) is 19.0. The van der Waals surface area contributed by atoms with E-state index in [9.17, 15) is 9.59 Å². The highest BCUT2D eigenvalue weighted by molar-refractivity contribution is 6.36. The Morgan fingerprint density at radius 3 is 2.37 bits per heavy atom. The van der Waals surface area contributed by atoms with Gasteiger partial charge in [0.15, 0.2) is 0 Å². The predicted molar refractivity (Wildman–Crippen MR) is 106 cm³/mol. The lowest BCUT2D eigenvalue weighted by molar-refractivity contribution is -0.135. The van der Waals surface area contributed by atoms with Crippen molar-refractivity contribution in [3.05, 3.63) is 77.6 Å². The Hall–Kier alpha value is -3.34. The third-order valence-corrected chi connectivity index (χ3v) is 5.01. The normalized spacial score (nSPS) is 14.5. The second kappa shape index (κ2) is 6.76. The Labute approximate surface area is 157 Å². The molecule has 0 bridgehead atoms. The molecule has 0 fully saturated rings. The third-order valence-electron chi connectivity index (χ3n) is 5.01. The topological polar surface area (TPSA) is 54.3 Å². The fraction of sp³-hybridized carbons (Fsp3) is 0.182. The first-order valence-corrected chi connectivity index (χ1v) is 8.97. The van der Waals surface area contributed by atoms with Crippen LogP contribution >= 0.6 is 0 Å². The van der Waals surface area contributed by atoms with Gasteiger partial charge in [-0.15, -0.1) is 0 Å². The molecule has 0 atom stereocenters. The van der Waals surface area contributed by atoms with Crippen LogP contribution in [-0.4, -0.2) is 34.9 Å². The molecule has 0 unspecified atom stereocenters. The summed E-state index contributed by atoms with van der Waals surface area (Å²) in [5.41, 5.74) is 3.83. The van der Waals surface area contributed by atoms with E-state index in [4.69, 9.17) is 0 Å². The number of imide groups is 1. The number of carbonyl (C=O) groups is 2. The second-order valence-electron chi connectivity index (χ2n) is 6.75. The summed E-state index contributed by atoms with van der Waals surface area (Å²) >= 11 is 0. The van der Waals surface area contributed by atoms with Gasteiger partial charge in [-0.1, -0.05) is 48.5 Å². The number of benzene rings is 2. The van der Waals surface area contributed by atoms with Crippen LogP contribution in [0.2, 0.25) is 0 Å². The fourth-order valence-electron chi connectivity index (χ4n) is 3.57. The number of hydrogen-bond acceptors (Lipinski definition) is 3. The van der Waals surface area contributed by atoms with Gasteiger partial charge in [-0.3, -0.25) is 14.5 Å². The van der Waals surface area contributed by atoms with Crippen molar-refractivity contribution in [2.24, 2.45) is 7.05 Å². The average Bonchev–Trinajstić information content (AvgIpc) is 3.13. The van der Waals surface area contributed by atoms with Crippen LogP contribution in [0.5, 0.6) is 0 Å². The minimum atomic E-state index is -0.281. The Morgan fingerprint density at radius 2 is 1.59 bits per heavy atom. The molecule has 2 aromatic carbocycles. The van der Waals surface area contributed by atoms with Gasteiger partial charge in [0.25, 0.3) is 11.8 Å². The van der Waals surface area contributed by atoms with Crippen LogP contribution in [0, 0.1) is 0 Å². The van der Waals surface area contributed by atoms with Crippen LogP contribution < -0.4 is 5.32 Å². The molecule has 0 spiro atoms. The molecule has 0 radical (unpaired) electrons. The van der Waals surface area contributed by atoms with Crippen molar-refractivity contribution in [2.75, 3.05) is 13.6 Å². The molecule has 5 heteroatoms. The number of hydrogen-bond donors (Lipinski definition) is 1. The van der Waals surface area contributed by atoms with E-state index in [-0.39, 0.29) is 11.8 Å². The molecule has 3 aromatic rings. The first-order valence-electron chi connectivity index (χ1n) is 8.97. The second-order valence-corrected chi connectivity index (χ2v) is 6.75. The van der Waals surface area contributed by atoms with Crippen molar-refractivity contribution < 1.29 is 9.59 Å². The highest BCUT2D eigenvalue weighted by atomic mass is 16.2. The lowest BCUT2D eigenvalue weighted by Crippen LogP contribution is -2.30. The SMILES string of the molecule is CN1C(=O)C(NCCc2ccccc2)=C(c2cn(C)c3ccccc23)C1=O. The lowest BCUT2D eigenvalue weighted by Gasteiger charge is -2.08. The Bertz CT molecular complexity index is 1060. The first-order chi connectivity index (χ1) is 13.1. The number of amides is 2. The van der Waals surface area contributed by atoms with Crippen molar-refractivity contribution in [3.8, 4) is 0 Å². The van der Waals surface area contributed by atoms with Crippen LogP contribution in [0.4, 0.5) is 0 Å². The molecule has 0 aliphatic carbocycles. The molecule has 1 aromatic heterocycles. The monoisotopic (exact) mass is 359 g/mol. The number of aryl methyl sites for hydroxylation is 1. The first kappa shape index (κ1) is 17.1. The Morgan fingerprint density at radius 1 is 0.889 bits per heavy atom. The smallest absolute Gasteiger partial charge is 0.277 e. The number of nitrogens with one attached hydrogen (secondary N) is 1. The van der Waals surface area contributed by atoms with Gasteiger partial charge in [0, 0.05) is 43.3 Å². The summed E-state index contributed by atoms with van der Waals surface area (Å²) in [6, 6.07) is 18.0. The minimum Gasteiger partial charge on any atom is -0.380 e. The summed E-state index contributed by atoms with van der Waals surface area (Å²) in [6.45, 7) is 0.584. The van der Waals surface area contributed by atoms with Crippen LogP contribution in [-0.2, 0) is 23.1 Å². The molecule has 5 nitrogen and oxygen atoms in total.